The molecule has 0 bridgehead atoms. The van der Waals surface area contributed by atoms with Crippen LogP contribution in [0.5, 0.6) is 0 Å². The van der Waals surface area contributed by atoms with Crippen molar-refractivity contribution in [2.24, 2.45) is 0 Å². The summed E-state index contributed by atoms with van der Waals surface area (Å²) in [5.41, 5.74) is 1.41. The number of benzene rings is 3. The molecule has 0 atom stereocenters. The molecule has 0 unspecified atom stereocenters. The Kier molecular flexibility index (Phi) is 5.87. The Morgan fingerprint density at radius 1 is 0.560 bits per heavy atom. The number of hydrogen-bond donors (Lipinski definition) is 0. The Morgan fingerprint density at radius 3 is 1.32 bits per heavy atom. The number of rotatable bonds is 7. The van der Waals surface area contributed by atoms with Crippen LogP contribution in [0.2, 0.25) is 0 Å². The van der Waals surface area contributed by atoms with Crippen molar-refractivity contribution in [2.75, 3.05) is 12.3 Å². The van der Waals surface area contributed by atoms with Gasteiger partial charge in [-0.05, 0) is 5.30 Å². The van der Waals surface area contributed by atoms with Gasteiger partial charge in [0.15, 0.2) is 11.6 Å². The third-order valence-electron chi connectivity index (χ3n) is 3.98. The molecule has 0 amide bonds. The molecule has 3 heteroatoms. The number of ketones is 2. The van der Waals surface area contributed by atoms with Gasteiger partial charge in [-0.3, -0.25) is 9.59 Å². The number of Topliss-reactive ketones (excluding diaryl/α,β-unsaturated/α-hetero) is 2. The lowest BCUT2D eigenvalue weighted by atomic mass is 10.1. The molecule has 0 aliphatic rings. The predicted molar refractivity (Wildman–Crippen MR) is 104 cm³/mol. The van der Waals surface area contributed by atoms with E-state index in [0.29, 0.717) is 23.5 Å². The molecule has 0 aliphatic carbocycles. The summed E-state index contributed by atoms with van der Waals surface area (Å²) in [6.07, 6.45) is 0.782. The highest BCUT2D eigenvalue weighted by Crippen LogP contribution is 2.36. The molecule has 0 saturated carbocycles. The first-order valence-electron chi connectivity index (χ1n) is 8.20. The van der Waals surface area contributed by atoms with Crippen LogP contribution in [0.4, 0.5) is 0 Å². The molecule has 0 N–H and O–H groups in total. The minimum Gasteiger partial charge on any atom is -0.294 e. The van der Waals surface area contributed by atoms with Crippen molar-refractivity contribution in [3.63, 3.8) is 0 Å². The Morgan fingerprint density at radius 2 is 0.920 bits per heavy atom. The van der Waals surface area contributed by atoms with E-state index in [2.05, 4.69) is 0 Å². The molecule has 0 fully saturated rings. The molecular formula is C22H19O2P. The number of carbonyl (C=O) groups is 2. The minimum absolute atomic E-state index is 0.0939. The third kappa shape index (κ3) is 4.71. The van der Waals surface area contributed by atoms with Crippen LogP contribution in [0.15, 0.2) is 91.0 Å². The predicted octanol–water partition coefficient (Wildman–Crippen LogP) is 4.56. The summed E-state index contributed by atoms with van der Waals surface area (Å²) in [4.78, 5) is 25.3. The first kappa shape index (κ1) is 17.3. The molecule has 0 heterocycles. The Bertz CT molecular complexity index is 776. The maximum atomic E-state index is 12.7. The largest absolute Gasteiger partial charge is 0.294 e. The van der Waals surface area contributed by atoms with Crippen LogP contribution in [0.3, 0.4) is 0 Å². The quantitative estimate of drug-likeness (QED) is 0.464. The van der Waals surface area contributed by atoms with Gasteiger partial charge < -0.3 is 0 Å². The maximum Gasteiger partial charge on any atom is 0.167 e. The highest BCUT2D eigenvalue weighted by atomic mass is 31.1. The van der Waals surface area contributed by atoms with Gasteiger partial charge in [0, 0.05) is 23.5 Å². The second kappa shape index (κ2) is 8.50. The van der Waals surface area contributed by atoms with Crippen LogP contribution in [-0.2, 0) is 0 Å². The number of carbonyl (C=O) groups excluding carboxylic acids is 2. The van der Waals surface area contributed by atoms with Crippen molar-refractivity contribution in [1.82, 2.24) is 0 Å². The molecular weight excluding hydrogens is 327 g/mol. The normalized spacial score (nSPS) is 10.6. The van der Waals surface area contributed by atoms with E-state index < -0.39 is 7.92 Å². The molecule has 3 rings (SSSR count). The van der Waals surface area contributed by atoms with Gasteiger partial charge in [0.05, 0.1) is 0 Å². The molecule has 2 nitrogen and oxygen atoms in total. The van der Waals surface area contributed by atoms with Gasteiger partial charge in [-0.1, -0.05) is 98.9 Å². The van der Waals surface area contributed by atoms with Crippen LogP contribution >= 0.6 is 7.92 Å². The van der Waals surface area contributed by atoms with Crippen molar-refractivity contribution in [2.45, 2.75) is 0 Å². The summed E-state index contributed by atoms with van der Waals surface area (Å²) in [6, 6.07) is 28.5. The van der Waals surface area contributed by atoms with Crippen LogP contribution in [0.25, 0.3) is 0 Å². The summed E-state index contributed by atoms with van der Waals surface area (Å²) < 4.78 is 0. The van der Waals surface area contributed by atoms with Gasteiger partial charge in [-0.15, -0.1) is 0 Å². The van der Waals surface area contributed by atoms with E-state index in [1.807, 2.05) is 91.0 Å². The molecule has 0 spiro atoms. The second-order valence-electron chi connectivity index (χ2n) is 5.77. The van der Waals surface area contributed by atoms with E-state index in [-0.39, 0.29) is 11.6 Å². The highest BCUT2D eigenvalue weighted by molar-refractivity contribution is 7.67. The SMILES string of the molecule is O=C(CP(CC(=O)c1ccccc1)c1ccccc1)c1ccccc1. The topological polar surface area (TPSA) is 34.1 Å². The van der Waals surface area contributed by atoms with E-state index in [1.165, 1.54) is 0 Å². The fourth-order valence-corrected chi connectivity index (χ4v) is 4.78. The van der Waals surface area contributed by atoms with E-state index >= 15 is 0 Å². The summed E-state index contributed by atoms with van der Waals surface area (Å²) in [7, 11) is -0.881. The van der Waals surface area contributed by atoms with E-state index in [1.54, 1.807) is 0 Å². The second-order valence-corrected chi connectivity index (χ2v) is 8.00. The van der Waals surface area contributed by atoms with Crippen molar-refractivity contribution in [1.29, 1.82) is 0 Å². The van der Waals surface area contributed by atoms with Crippen LogP contribution in [0, 0.1) is 0 Å². The smallest absolute Gasteiger partial charge is 0.167 e. The molecule has 0 saturated heterocycles. The monoisotopic (exact) mass is 346 g/mol. The van der Waals surface area contributed by atoms with Gasteiger partial charge >= 0.3 is 0 Å². The first-order chi connectivity index (χ1) is 12.2. The van der Waals surface area contributed by atoms with Gasteiger partial charge in [-0.25, -0.2) is 0 Å². The van der Waals surface area contributed by atoms with Crippen molar-refractivity contribution < 1.29 is 9.59 Å². The zero-order chi connectivity index (χ0) is 17.5. The van der Waals surface area contributed by atoms with Crippen LogP contribution in [0.1, 0.15) is 20.7 Å². The zero-order valence-corrected chi connectivity index (χ0v) is 14.7. The summed E-state index contributed by atoms with van der Waals surface area (Å²) in [5, 5.41) is 1.09. The molecule has 0 aromatic heterocycles. The van der Waals surface area contributed by atoms with E-state index in [0.717, 1.165) is 5.30 Å². The van der Waals surface area contributed by atoms with Gasteiger partial charge in [0.2, 0.25) is 0 Å². The third-order valence-corrected chi connectivity index (χ3v) is 6.35. The van der Waals surface area contributed by atoms with Crippen molar-refractivity contribution in [3.8, 4) is 0 Å². The fraction of sp³-hybridized carbons (Fsp3) is 0.0909. The van der Waals surface area contributed by atoms with Crippen molar-refractivity contribution in [3.05, 3.63) is 102 Å². The Hall–Kier alpha value is -2.57. The van der Waals surface area contributed by atoms with Gasteiger partial charge in [-0.2, -0.15) is 0 Å². The minimum atomic E-state index is -0.881. The molecule has 0 aliphatic heterocycles. The van der Waals surface area contributed by atoms with Gasteiger partial charge in [0.1, 0.15) is 0 Å². The standard InChI is InChI=1S/C22H19O2P/c23-21(18-10-4-1-5-11-18)16-25(20-14-8-3-9-15-20)17-22(24)19-12-6-2-7-13-19/h1-15H,16-17H2. The Labute approximate surface area is 149 Å². The maximum absolute atomic E-state index is 12.7. The lowest BCUT2D eigenvalue weighted by Crippen LogP contribution is -2.17. The summed E-state index contributed by atoms with van der Waals surface area (Å²) >= 11 is 0. The average Bonchev–Trinajstić information content (AvgIpc) is 2.69. The first-order valence-corrected chi connectivity index (χ1v) is 9.92. The molecule has 25 heavy (non-hydrogen) atoms. The lowest BCUT2D eigenvalue weighted by molar-refractivity contribution is 0.102. The van der Waals surface area contributed by atoms with Crippen LogP contribution in [-0.4, -0.2) is 23.9 Å². The van der Waals surface area contributed by atoms with Crippen molar-refractivity contribution >= 4 is 24.8 Å². The van der Waals surface area contributed by atoms with E-state index in [4.69, 9.17) is 0 Å². The average molecular weight is 346 g/mol. The molecule has 3 aromatic carbocycles. The summed E-state index contributed by atoms with van der Waals surface area (Å²) in [6.45, 7) is 0. The number of hydrogen-bond acceptors (Lipinski definition) is 2. The van der Waals surface area contributed by atoms with Crippen LogP contribution < -0.4 is 5.30 Å². The zero-order valence-electron chi connectivity index (χ0n) is 13.8. The fourth-order valence-electron chi connectivity index (χ4n) is 2.65. The van der Waals surface area contributed by atoms with Gasteiger partial charge in [0.25, 0.3) is 0 Å². The lowest BCUT2D eigenvalue weighted by Gasteiger charge is -2.17. The molecule has 124 valence electrons. The molecule has 0 radical (unpaired) electrons. The van der Waals surface area contributed by atoms with E-state index in [9.17, 15) is 9.59 Å². The Balaban J connectivity index is 1.81. The highest BCUT2D eigenvalue weighted by Gasteiger charge is 2.20. The molecule has 3 aromatic rings. The summed E-state index contributed by atoms with van der Waals surface area (Å²) in [5.74, 6) is 0.188.